The molecule has 1 aliphatic heterocycles. The van der Waals surface area contributed by atoms with Gasteiger partial charge in [0.25, 0.3) is 0 Å². The lowest BCUT2D eigenvalue weighted by Crippen LogP contribution is -2.47. The molecule has 6 heteroatoms. The summed E-state index contributed by atoms with van der Waals surface area (Å²) in [5, 5.41) is 7.37. The summed E-state index contributed by atoms with van der Waals surface area (Å²) in [7, 11) is 0. The van der Waals surface area contributed by atoms with Crippen LogP contribution in [0.4, 0.5) is 4.39 Å². The Kier molecular flexibility index (Phi) is 4.31. The summed E-state index contributed by atoms with van der Waals surface area (Å²) >= 11 is 3.23. The maximum atomic E-state index is 13.7. The van der Waals surface area contributed by atoms with Gasteiger partial charge >= 0.3 is 0 Å². The van der Waals surface area contributed by atoms with Crippen LogP contribution in [0.2, 0.25) is 0 Å². The molecule has 1 atom stereocenters. The van der Waals surface area contributed by atoms with Crippen LogP contribution in [0.25, 0.3) is 0 Å². The van der Waals surface area contributed by atoms with Crippen molar-refractivity contribution in [2.24, 2.45) is 5.73 Å². The van der Waals surface area contributed by atoms with Crippen LogP contribution in [0, 0.1) is 11.2 Å². The number of nitrogens with two attached hydrogens (primary N) is 1. The molecule has 0 aliphatic carbocycles. The van der Waals surface area contributed by atoms with Crippen molar-refractivity contribution in [3.05, 3.63) is 34.1 Å². The predicted octanol–water partition coefficient (Wildman–Crippen LogP) is 1.72. The standard InChI is InChI=1S/C12H15BrFN3O/c13-9-2-1-8(10(14)5-9)6-17-3-4-18-11(7-17)12(15)16/h1-2,5,11H,3-4,6-7H2,(H3,15,16). The highest BCUT2D eigenvalue weighted by Gasteiger charge is 2.23. The van der Waals surface area contributed by atoms with Crippen LogP contribution in [-0.4, -0.2) is 36.5 Å². The van der Waals surface area contributed by atoms with Gasteiger partial charge in [0.05, 0.1) is 6.61 Å². The first kappa shape index (κ1) is 13.5. The Balaban J connectivity index is 2.02. The SMILES string of the molecule is N=C(N)C1CN(Cc2ccc(Br)cc2F)CCO1. The van der Waals surface area contributed by atoms with Crippen molar-refractivity contribution in [1.29, 1.82) is 5.41 Å². The number of ether oxygens (including phenoxy) is 1. The van der Waals surface area contributed by atoms with E-state index in [2.05, 4.69) is 15.9 Å². The van der Waals surface area contributed by atoms with Gasteiger partial charge < -0.3 is 10.5 Å². The predicted molar refractivity (Wildman–Crippen MR) is 71.0 cm³/mol. The van der Waals surface area contributed by atoms with E-state index in [1.165, 1.54) is 6.07 Å². The minimum atomic E-state index is -0.378. The average Bonchev–Trinajstić information content (AvgIpc) is 2.33. The molecule has 18 heavy (non-hydrogen) atoms. The molecule has 1 aromatic rings. The summed E-state index contributed by atoms with van der Waals surface area (Å²) in [6.45, 7) is 2.28. The Bertz CT molecular complexity index is 455. The molecule has 0 radical (unpaired) electrons. The molecule has 1 unspecified atom stereocenters. The van der Waals surface area contributed by atoms with Gasteiger partial charge in [-0.15, -0.1) is 0 Å². The molecule has 1 heterocycles. The zero-order chi connectivity index (χ0) is 13.1. The Labute approximate surface area is 114 Å². The van der Waals surface area contributed by atoms with Crippen molar-refractivity contribution in [3.8, 4) is 0 Å². The van der Waals surface area contributed by atoms with E-state index in [0.717, 1.165) is 11.0 Å². The lowest BCUT2D eigenvalue weighted by molar-refractivity contribution is 0.00200. The van der Waals surface area contributed by atoms with E-state index in [0.29, 0.717) is 25.3 Å². The number of nitrogens with zero attached hydrogens (tertiary/aromatic N) is 1. The first-order chi connectivity index (χ1) is 8.56. The minimum absolute atomic E-state index is 0.0241. The molecule has 1 aromatic carbocycles. The molecule has 0 saturated carbocycles. The molecule has 0 spiro atoms. The highest BCUT2D eigenvalue weighted by Crippen LogP contribution is 2.18. The third kappa shape index (κ3) is 3.28. The lowest BCUT2D eigenvalue weighted by atomic mass is 10.1. The number of rotatable bonds is 3. The van der Waals surface area contributed by atoms with Crippen molar-refractivity contribution in [1.82, 2.24) is 4.90 Å². The summed E-state index contributed by atoms with van der Waals surface area (Å²) in [6.07, 6.45) is -0.378. The maximum Gasteiger partial charge on any atom is 0.128 e. The van der Waals surface area contributed by atoms with E-state index in [9.17, 15) is 4.39 Å². The smallest absolute Gasteiger partial charge is 0.128 e. The van der Waals surface area contributed by atoms with Gasteiger partial charge in [-0.1, -0.05) is 22.0 Å². The minimum Gasteiger partial charge on any atom is -0.385 e. The second kappa shape index (κ2) is 5.77. The number of hydrogen-bond acceptors (Lipinski definition) is 3. The van der Waals surface area contributed by atoms with Gasteiger partial charge in [0.1, 0.15) is 17.8 Å². The molecule has 3 N–H and O–H groups in total. The number of morpholine rings is 1. The van der Waals surface area contributed by atoms with Crippen LogP contribution < -0.4 is 5.73 Å². The monoisotopic (exact) mass is 315 g/mol. The quantitative estimate of drug-likeness (QED) is 0.659. The molecule has 2 rings (SSSR count). The first-order valence-electron chi connectivity index (χ1n) is 5.68. The van der Waals surface area contributed by atoms with Crippen molar-refractivity contribution < 1.29 is 9.13 Å². The summed E-state index contributed by atoms with van der Waals surface area (Å²) in [6, 6.07) is 5.04. The van der Waals surface area contributed by atoms with Gasteiger partial charge in [-0.25, -0.2) is 4.39 Å². The Morgan fingerprint density at radius 2 is 2.39 bits per heavy atom. The highest BCUT2D eigenvalue weighted by molar-refractivity contribution is 9.10. The molecular formula is C12H15BrFN3O. The van der Waals surface area contributed by atoms with Crippen LogP contribution in [-0.2, 0) is 11.3 Å². The molecular weight excluding hydrogens is 301 g/mol. The van der Waals surface area contributed by atoms with E-state index in [1.807, 2.05) is 11.0 Å². The maximum absolute atomic E-state index is 13.7. The van der Waals surface area contributed by atoms with Crippen LogP contribution in [0.1, 0.15) is 5.56 Å². The molecule has 1 saturated heterocycles. The lowest BCUT2D eigenvalue weighted by Gasteiger charge is -2.32. The van der Waals surface area contributed by atoms with E-state index < -0.39 is 0 Å². The van der Waals surface area contributed by atoms with Crippen LogP contribution >= 0.6 is 15.9 Å². The molecule has 98 valence electrons. The summed E-state index contributed by atoms with van der Waals surface area (Å²) in [5.74, 6) is -0.203. The second-order valence-corrected chi connectivity index (χ2v) is 5.20. The number of halogens is 2. The average molecular weight is 316 g/mol. The third-order valence-electron chi connectivity index (χ3n) is 2.91. The zero-order valence-corrected chi connectivity index (χ0v) is 11.4. The molecule has 0 amide bonds. The number of hydrogen-bond donors (Lipinski definition) is 2. The topological polar surface area (TPSA) is 62.3 Å². The van der Waals surface area contributed by atoms with Gasteiger partial charge in [-0.2, -0.15) is 0 Å². The van der Waals surface area contributed by atoms with Crippen molar-refractivity contribution >= 4 is 21.8 Å². The van der Waals surface area contributed by atoms with Crippen molar-refractivity contribution in [3.63, 3.8) is 0 Å². The Morgan fingerprint density at radius 1 is 1.61 bits per heavy atom. The fourth-order valence-corrected chi connectivity index (χ4v) is 2.26. The van der Waals surface area contributed by atoms with Gasteiger partial charge in [0.15, 0.2) is 0 Å². The summed E-state index contributed by atoms with van der Waals surface area (Å²) in [4.78, 5) is 2.04. The first-order valence-corrected chi connectivity index (χ1v) is 6.47. The van der Waals surface area contributed by atoms with Crippen LogP contribution in [0.15, 0.2) is 22.7 Å². The zero-order valence-electron chi connectivity index (χ0n) is 9.83. The van der Waals surface area contributed by atoms with Gasteiger partial charge in [-0.3, -0.25) is 10.3 Å². The van der Waals surface area contributed by atoms with Crippen molar-refractivity contribution in [2.45, 2.75) is 12.6 Å². The highest BCUT2D eigenvalue weighted by atomic mass is 79.9. The van der Waals surface area contributed by atoms with Crippen LogP contribution in [0.3, 0.4) is 0 Å². The summed E-state index contributed by atoms with van der Waals surface area (Å²) in [5.41, 5.74) is 6.07. The number of benzene rings is 1. The molecule has 0 aromatic heterocycles. The van der Waals surface area contributed by atoms with Crippen molar-refractivity contribution in [2.75, 3.05) is 19.7 Å². The normalized spacial score (nSPS) is 20.9. The van der Waals surface area contributed by atoms with E-state index in [-0.39, 0.29) is 17.8 Å². The van der Waals surface area contributed by atoms with E-state index in [1.54, 1.807) is 6.07 Å². The Morgan fingerprint density at radius 3 is 3.06 bits per heavy atom. The van der Waals surface area contributed by atoms with Crippen LogP contribution in [0.5, 0.6) is 0 Å². The summed E-state index contributed by atoms with van der Waals surface area (Å²) < 4.78 is 19.8. The largest absolute Gasteiger partial charge is 0.385 e. The molecule has 1 fully saturated rings. The number of nitrogens with one attached hydrogen (secondary N) is 1. The van der Waals surface area contributed by atoms with Gasteiger partial charge in [-0.05, 0) is 12.1 Å². The third-order valence-corrected chi connectivity index (χ3v) is 3.40. The molecule has 4 nitrogen and oxygen atoms in total. The molecule has 0 bridgehead atoms. The van der Waals surface area contributed by atoms with E-state index >= 15 is 0 Å². The Hall–Kier alpha value is -0.980. The fraction of sp³-hybridized carbons (Fsp3) is 0.417. The van der Waals surface area contributed by atoms with Gasteiger partial charge in [0.2, 0.25) is 0 Å². The number of amidine groups is 1. The molecule has 1 aliphatic rings. The van der Waals surface area contributed by atoms with E-state index in [4.69, 9.17) is 15.9 Å². The second-order valence-electron chi connectivity index (χ2n) is 4.29. The van der Waals surface area contributed by atoms with Gasteiger partial charge in [0, 0.05) is 29.7 Å². The fourth-order valence-electron chi connectivity index (χ4n) is 1.93.